The number of nitrogens with zero attached hydrogens (tertiary/aromatic N) is 4. The Labute approximate surface area is 109 Å². The topological polar surface area (TPSA) is 69.2 Å². The maximum Gasteiger partial charge on any atom is 0.165 e. The Hall–Kier alpha value is -1.80. The molecular weight excluding hydrogens is 226 g/mol. The molecule has 1 atom stereocenters. The molecule has 0 aliphatic heterocycles. The van der Waals surface area contributed by atoms with Gasteiger partial charge in [0, 0.05) is 19.1 Å². The SMILES string of the molecule is CCN(c1ccc(N)c(C#N)n1)C(C)CN(C)C. The third-order valence-corrected chi connectivity index (χ3v) is 2.81. The molecule has 5 nitrogen and oxygen atoms in total. The van der Waals surface area contributed by atoms with Crippen molar-refractivity contribution in [3.05, 3.63) is 17.8 Å². The number of pyridine rings is 1. The third kappa shape index (κ3) is 3.34. The number of anilines is 2. The van der Waals surface area contributed by atoms with E-state index in [4.69, 9.17) is 11.0 Å². The Kier molecular flexibility index (Phi) is 4.93. The van der Waals surface area contributed by atoms with E-state index < -0.39 is 0 Å². The first kappa shape index (κ1) is 14.3. The fourth-order valence-electron chi connectivity index (χ4n) is 2.04. The Bertz CT molecular complexity index is 435. The van der Waals surface area contributed by atoms with E-state index in [0.717, 1.165) is 18.9 Å². The van der Waals surface area contributed by atoms with Gasteiger partial charge in [0.1, 0.15) is 11.9 Å². The average molecular weight is 247 g/mol. The minimum atomic E-state index is 0.294. The van der Waals surface area contributed by atoms with Crippen LogP contribution in [0, 0.1) is 11.3 Å². The van der Waals surface area contributed by atoms with E-state index in [2.05, 4.69) is 28.6 Å². The van der Waals surface area contributed by atoms with Crippen LogP contribution in [-0.4, -0.2) is 43.1 Å². The maximum atomic E-state index is 8.96. The molecule has 1 aromatic heterocycles. The van der Waals surface area contributed by atoms with Crippen LogP contribution in [0.15, 0.2) is 12.1 Å². The largest absolute Gasteiger partial charge is 0.396 e. The van der Waals surface area contributed by atoms with Gasteiger partial charge in [0.15, 0.2) is 5.69 Å². The van der Waals surface area contributed by atoms with Crippen molar-refractivity contribution in [2.45, 2.75) is 19.9 Å². The van der Waals surface area contributed by atoms with Crippen molar-refractivity contribution in [1.82, 2.24) is 9.88 Å². The molecule has 0 spiro atoms. The molecule has 0 aliphatic rings. The summed E-state index contributed by atoms with van der Waals surface area (Å²) in [6.07, 6.45) is 0. The minimum absolute atomic E-state index is 0.294. The van der Waals surface area contributed by atoms with Gasteiger partial charge in [0.25, 0.3) is 0 Å². The summed E-state index contributed by atoms with van der Waals surface area (Å²) in [5, 5.41) is 8.96. The molecule has 0 aliphatic carbocycles. The number of likely N-dealkylation sites (N-methyl/N-ethyl adjacent to an activating group) is 2. The Morgan fingerprint density at radius 2 is 2.11 bits per heavy atom. The van der Waals surface area contributed by atoms with E-state index in [1.807, 2.05) is 26.2 Å². The van der Waals surface area contributed by atoms with Crippen LogP contribution in [-0.2, 0) is 0 Å². The quantitative estimate of drug-likeness (QED) is 0.849. The number of rotatable bonds is 5. The summed E-state index contributed by atoms with van der Waals surface area (Å²) in [4.78, 5) is 8.61. The van der Waals surface area contributed by atoms with Gasteiger partial charge in [-0.2, -0.15) is 5.26 Å². The van der Waals surface area contributed by atoms with Crippen molar-refractivity contribution < 1.29 is 0 Å². The molecule has 2 N–H and O–H groups in total. The highest BCUT2D eigenvalue weighted by Gasteiger charge is 2.15. The standard InChI is InChI=1S/C13H21N5/c1-5-18(10(2)9-17(3)4)13-7-6-11(15)12(8-14)16-13/h6-7,10H,5,9,15H2,1-4H3. The van der Waals surface area contributed by atoms with Crippen LogP contribution in [0.3, 0.4) is 0 Å². The molecule has 0 amide bonds. The first-order valence-corrected chi connectivity index (χ1v) is 6.07. The Morgan fingerprint density at radius 3 is 2.61 bits per heavy atom. The van der Waals surface area contributed by atoms with Gasteiger partial charge < -0.3 is 15.5 Å². The Morgan fingerprint density at radius 1 is 1.44 bits per heavy atom. The van der Waals surface area contributed by atoms with E-state index in [9.17, 15) is 0 Å². The van der Waals surface area contributed by atoms with E-state index in [1.165, 1.54) is 0 Å². The van der Waals surface area contributed by atoms with Gasteiger partial charge in [-0.3, -0.25) is 0 Å². The van der Waals surface area contributed by atoms with Gasteiger partial charge in [-0.25, -0.2) is 4.98 Å². The zero-order valence-electron chi connectivity index (χ0n) is 11.5. The molecule has 5 heteroatoms. The predicted octanol–water partition coefficient (Wildman–Crippen LogP) is 1.31. The fraction of sp³-hybridized carbons (Fsp3) is 0.538. The van der Waals surface area contributed by atoms with Gasteiger partial charge in [0.05, 0.1) is 5.69 Å². The molecule has 0 fully saturated rings. The molecular formula is C13H21N5. The van der Waals surface area contributed by atoms with E-state index >= 15 is 0 Å². The van der Waals surface area contributed by atoms with Crippen molar-refractivity contribution in [2.24, 2.45) is 0 Å². The molecule has 1 heterocycles. The van der Waals surface area contributed by atoms with Crippen LogP contribution in [0.5, 0.6) is 0 Å². The molecule has 0 radical (unpaired) electrons. The van der Waals surface area contributed by atoms with Gasteiger partial charge >= 0.3 is 0 Å². The molecule has 1 unspecified atom stereocenters. The smallest absolute Gasteiger partial charge is 0.165 e. The molecule has 1 aromatic rings. The minimum Gasteiger partial charge on any atom is -0.396 e. The summed E-state index contributed by atoms with van der Waals surface area (Å²) in [5.41, 5.74) is 6.41. The molecule has 0 saturated carbocycles. The van der Waals surface area contributed by atoms with Crippen molar-refractivity contribution in [3.8, 4) is 6.07 Å². The molecule has 0 bridgehead atoms. The van der Waals surface area contributed by atoms with Gasteiger partial charge in [-0.1, -0.05) is 0 Å². The van der Waals surface area contributed by atoms with Gasteiger partial charge in [0.2, 0.25) is 0 Å². The van der Waals surface area contributed by atoms with Gasteiger partial charge in [-0.15, -0.1) is 0 Å². The predicted molar refractivity (Wildman–Crippen MR) is 74.4 cm³/mol. The van der Waals surface area contributed by atoms with Crippen LogP contribution >= 0.6 is 0 Å². The summed E-state index contributed by atoms with van der Waals surface area (Å²) in [5.74, 6) is 0.803. The molecule has 18 heavy (non-hydrogen) atoms. The molecule has 0 saturated heterocycles. The number of nitrogens with two attached hydrogens (primary N) is 1. The second-order valence-corrected chi connectivity index (χ2v) is 4.62. The lowest BCUT2D eigenvalue weighted by molar-refractivity contribution is 0.372. The zero-order valence-corrected chi connectivity index (χ0v) is 11.5. The summed E-state index contributed by atoms with van der Waals surface area (Å²) >= 11 is 0. The molecule has 98 valence electrons. The van der Waals surface area contributed by atoms with Crippen LogP contribution in [0.1, 0.15) is 19.5 Å². The lowest BCUT2D eigenvalue weighted by Gasteiger charge is -2.31. The second-order valence-electron chi connectivity index (χ2n) is 4.62. The number of nitriles is 1. The van der Waals surface area contributed by atoms with Crippen LogP contribution < -0.4 is 10.6 Å². The molecule has 0 aromatic carbocycles. The molecule has 1 rings (SSSR count). The lowest BCUT2D eigenvalue weighted by atomic mass is 10.2. The van der Waals surface area contributed by atoms with Gasteiger partial charge in [-0.05, 0) is 40.1 Å². The van der Waals surface area contributed by atoms with Crippen LogP contribution in [0.25, 0.3) is 0 Å². The lowest BCUT2D eigenvalue weighted by Crippen LogP contribution is -2.40. The van der Waals surface area contributed by atoms with E-state index in [0.29, 0.717) is 17.4 Å². The summed E-state index contributed by atoms with van der Waals surface area (Å²) in [7, 11) is 4.09. The highest BCUT2D eigenvalue weighted by molar-refractivity contribution is 5.55. The van der Waals surface area contributed by atoms with Crippen molar-refractivity contribution in [2.75, 3.05) is 37.8 Å². The zero-order chi connectivity index (χ0) is 13.7. The summed E-state index contributed by atoms with van der Waals surface area (Å²) in [6, 6.07) is 5.96. The summed E-state index contributed by atoms with van der Waals surface area (Å²) in [6.45, 7) is 6.00. The van der Waals surface area contributed by atoms with Crippen molar-refractivity contribution in [1.29, 1.82) is 5.26 Å². The first-order chi connectivity index (χ1) is 8.49. The first-order valence-electron chi connectivity index (χ1n) is 6.07. The average Bonchev–Trinajstić information content (AvgIpc) is 2.31. The van der Waals surface area contributed by atoms with Crippen molar-refractivity contribution in [3.63, 3.8) is 0 Å². The number of nitrogen functional groups attached to an aromatic ring is 1. The van der Waals surface area contributed by atoms with Crippen LogP contribution in [0.4, 0.5) is 11.5 Å². The number of aromatic nitrogens is 1. The van der Waals surface area contributed by atoms with E-state index in [1.54, 1.807) is 6.07 Å². The second kappa shape index (κ2) is 6.22. The highest BCUT2D eigenvalue weighted by Crippen LogP contribution is 2.18. The Balaban J connectivity index is 2.99. The fourth-order valence-corrected chi connectivity index (χ4v) is 2.04. The van der Waals surface area contributed by atoms with Crippen molar-refractivity contribution >= 4 is 11.5 Å². The number of hydrogen-bond donors (Lipinski definition) is 1. The van der Waals surface area contributed by atoms with Crippen LogP contribution in [0.2, 0.25) is 0 Å². The monoisotopic (exact) mass is 247 g/mol. The van der Waals surface area contributed by atoms with E-state index in [-0.39, 0.29) is 0 Å². The normalized spacial score (nSPS) is 12.2. The number of hydrogen-bond acceptors (Lipinski definition) is 5. The highest BCUT2D eigenvalue weighted by atomic mass is 15.2. The maximum absolute atomic E-state index is 8.96. The summed E-state index contributed by atoms with van der Waals surface area (Å²) < 4.78 is 0. The third-order valence-electron chi connectivity index (χ3n) is 2.81.